The van der Waals surface area contributed by atoms with Crippen LogP contribution < -0.4 is 22.9 Å². The van der Waals surface area contributed by atoms with Gasteiger partial charge in [0, 0.05) is 29.8 Å². The monoisotopic (exact) mass is 322 g/mol. The fourth-order valence-corrected chi connectivity index (χ4v) is 2.84. The van der Waals surface area contributed by atoms with Crippen LogP contribution in [0.1, 0.15) is 13.8 Å². The fourth-order valence-electron chi connectivity index (χ4n) is 2.13. The molecule has 0 aromatic heterocycles. The van der Waals surface area contributed by atoms with Gasteiger partial charge in [-0.25, -0.2) is 0 Å². The zero-order chi connectivity index (χ0) is 11.7. The van der Waals surface area contributed by atoms with E-state index in [4.69, 9.17) is 22.9 Å². The van der Waals surface area contributed by atoms with Crippen LogP contribution in [-0.2, 0) is 0 Å². The molecule has 15 heavy (non-hydrogen) atoms. The number of allylic oxidation sites excluding steroid dienone is 2. The van der Waals surface area contributed by atoms with Crippen molar-refractivity contribution in [2.75, 3.05) is 6.54 Å². The maximum Gasteiger partial charge on any atom is 0.0661 e. The molecule has 0 radical (unpaired) electrons. The minimum absolute atomic E-state index is 0.115. The molecule has 1 aliphatic carbocycles. The number of hydrogen-bond acceptors (Lipinski definition) is 4. The van der Waals surface area contributed by atoms with Gasteiger partial charge in [0.1, 0.15) is 0 Å². The molecule has 0 aromatic carbocycles. The molecule has 0 aliphatic heterocycles. The van der Waals surface area contributed by atoms with Gasteiger partial charge in [-0.15, -0.1) is 0 Å². The minimum atomic E-state index is 0.115. The molecule has 0 fully saturated rings. The molecule has 1 aliphatic rings. The van der Waals surface area contributed by atoms with Crippen molar-refractivity contribution < 1.29 is 0 Å². The first kappa shape index (κ1) is 12.6. The Bertz CT molecular complexity index is 319. The zero-order valence-electron chi connectivity index (χ0n) is 9.13. The fraction of sp³-hybridized carbons (Fsp3) is 0.600. The van der Waals surface area contributed by atoms with E-state index < -0.39 is 0 Å². The third-order valence-corrected chi connectivity index (χ3v) is 4.17. The average Bonchev–Trinajstić information content (AvgIpc) is 2.19. The van der Waals surface area contributed by atoms with Crippen molar-refractivity contribution in [3.05, 3.63) is 20.7 Å². The molecule has 0 spiro atoms. The van der Waals surface area contributed by atoms with E-state index >= 15 is 0 Å². The molecule has 0 amide bonds. The summed E-state index contributed by atoms with van der Waals surface area (Å²) in [6.07, 6.45) is 0. The lowest BCUT2D eigenvalue weighted by molar-refractivity contribution is 0.325. The Balaban J connectivity index is 3.22. The number of halogens is 1. The third-order valence-electron chi connectivity index (χ3n) is 2.97. The van der Waals surface area contributed by atoms with E-state index in [2.05, 4.69) is 36.4 Å². The van der Waals surface area contributed by atoms with Crippen LogP contribution in [0.5, 0.6) is 0 Å². The summed E-state index contributed by atoms with van der Waals surface area (Å²) in [6.45, 7) is 4.73. The first-order valence-electron chi connectivity index (χ1n) is 5.02. The predicted molar refractivity (Wildman–Crippen MR) is 71.5 cm³/mol. The van der Waals surface area contributed by atoms with Gasteiger partial charge in [-0.3, -0.25) is 0 Å². The van der Waals surface area contributed by atoms with Crippen molar-refractivity contribution in [2.45, 2.75) is 13.8 Å². The van der Waals surface area contributed by atoms with Crippen LogP contribution >= 0.6 is 22.6 Å². The zero-order valence-corrected chi connectivity index (χ0v) is 11.3. The normalized spacial score (nSPS) is 27.8. The summed E-state index contributed by atoms with van der Waals surface area (Å²) in [5.41, 5.74) is 25.9. The Labute approximate surface area is 104 Å². The van der Waals surface area contributed by atoms with Gasteiger partial charge in [-0.1, -0.05) is 13.8 Å². The first-order valence-corrected chi connectivity index (χ1v) is 6.10. The van der Waals surface area contributed by atoms with E-state index in [9.17, 15) is 0 Å². The summed E-state index contributed by atoms with van der Waals surface area (Å²) in [7, 11) is 0. The van der Waals surface area contributed by atoms with Gasteiger partial charge in [0.15, 0.2) is 0 Å². The average molecular weight is 322 g/mol. The highest BCUT2D eigenvalue weighted by atomic mass is 127. The van der Waals surface area contributed by atoms with Crippen molar-refractivity contribution in [2.24, 2.45) is 40.7 Å². The highest BCUT2D eigenvalue weighted by Gasteiger charge is 2.34. The smallest absolute Gasteiger partial charge is 0.0661 e. The lowest BCUT2D eigenvalue weighted by Gasteiger charge is -2.35. The molecule has 0 heterocycles. The van der Waals surface area contributed by atoms with Crippen LogP contribution in [0.25, 0.3) is 0 Å². The van der Waals surface area contributed by atoms with Crippen LogP contribution in [0.15, 0.2) is 20.7 Å². The van der Waals surface area contributed by atoms with Gasteiger partial charge in [-0.05, 0) is 28.5 Å². The number of hydrogen-bond donors (Lipinski definition) is 4. The summed E-state index contributed by atoms with van der Waals surface area (Å²) in [6, 6.07) is 0. The van der Waals surface area contributed by atoms with Gasteiger partial charge in [0.05, 0.1) is 9.28 Å². The van der Waals surface area contributed by atoms with Crippen LogP contribution in [0.3, 0.4) is 0 Å². The van der Waals surface area contributed by atoms with Gasteiger partial charge in [0.25, 0.3) is 0 Å². The SMILES string of the molecule is CC(C)C1C(N)=C(N)C(I)=C(N)C1CN. The Hall–Kier alpha value is -0.430. The highest BCUT2D eigenvalue weighted by Crippen LogP contribution is 2.38. The molecular weight excluding hydrogens is 303 g/mol. The van der Waals surface area contributed by atoms with Gasteiger partial charge in [0.2, 0.25) is 0 Å². The van der Waals surface area contributed by atoms with Crippen molar-refractivity contribution in [1.82, 2.24) is 0 Å². The van der Waals surface area contributed by atoms with Crippen LogP contribution in [0.2, 0.25) is 0 Å². The van der Waals surface area contributed by atoms with Gasteiger partial charge >= 0.3 is 0 Å². The summed E-state index contributed by atoms with van der Waals surface area (Å²) in [4.78, 5) is 0. The Morgan fingerprint density at radius 3 is 2.13 bits per heavy atom. The summed E-state index contributed by atoms with van der Waals surface area (Å²) >= 11 is 2.13. The molecule has 0 saturated heterocycles. The van der Waals surface area contributed by atoms with Crippen molar-refractivity contribution >= 4 is 22.6 Å². The van der Waals surface area contributed by atoms with Gasteiger partial charge in [-0.2, -0.15) is 0 Å². The number of rotatable bonds is 2. The summed E-state index contributed by atoms with van der Waals surface area (Å²) < 4.78 is 0.859. The van der Waals surface area contributed by atoms with E-state index in [0.717, 1.165) is 15.0 Å². The molecule has 8 N–H and O–H groups in total. The molecule has 2 atom stereocenters. The van der Waals surface area contributed by atoms with Crippen molar-refractivity contribution in [3.8, 4) is 0 Å². The van der Waals surface area contributed by atoms with Crippen LogP contribution in [-0.4, -0.2) is 6.54 Å². The minimum Gasteiger partial charge on any atom is -0.401 e. The van der Waals surface area contributed by atoms with E-state index in [1.54, 1.807) is 0 Å². The molecule has 0 bridgehead atoms. The molecule has 0 saturated carbocycles. The molecule has 0 aromatic rings. The largest absolute Gasteiger partial charge is 0.401 e. The molecule has 86 valence electrons. The van der Waals surface area contributed by atoms with Crippen molar-refractivity contribution in [1.29, 1.82) is 0 Å². The highest BCUT2D eigenvalue weighted by molar-refractivity contribution is 14.1. The van der Waals surface area contributed by atoms with Crippen molar-refractivity contribution in [3.63, 3.8) is 0 Å². The lowest BCUT2D eigenvalue weighted by atomic mass is 9.76. The Kier molecular flexibility index (Phi) is 3.88. The second-order valence-electron chi connectivity index (χ2n) is 4.25. The first-order chi connectivity index (χ1) is 6.91. The maximum atomic E-state index is 6.05. The number of nitrogens with two attached hydrogens (primary N) is 4. The maximum absolute atomic E-state index is 6.05. The van der Waals surface area contributed by atoms with E-state index in [-0.39, 0.29) is 11.8 Å². The topological polar surface area (TPSA) is 104 Å². The second kappa shape index (κ2) is 4.61. The molecule has 5 heteroatoms. The third kappa shape index (κ3) is 2.08. The Morgan fingerprint density at radius 1 is 1.20 bits per heavy atom. The van der Waals surface area contributed by atoms with Crippen LogP contribution in [0.4, 0.5) is 0 Å². The van der Waals surface area contributed by atoms with E-state index in [1.807, 2.05) is 0 Å². The molecular formula is C10H19IN4. The van der Waals surface area contributed by atoms with E-state index in [1.165, 1.54) is 0 Å². The standard InChI is InChI=1S/C10H19IN4/c1-4(2)6-5(3-12)8(13)7(11)10(15)9(6)14/h4-6H,3,12-15H2,1-2H3. The second-order valence-corrected chi connectivity index (χ2v) is 5.33. The molecule has 1 rings (SSSR count). The Morgan fingerprint density at radius 2 is 1.73 bits per heavy atom. The summed E-state index contributed by atoms with van der Waals surface area (Å²) in [5, 5.41) is 0. The quantitative estimate of drug-likeness (QED) is 0.558. The van der Waals surface area contributed by atoms with Gasteiger partial charge < -0.3 is 22.9 Å². The lowest BCUT2D eigenvalue weighted by Crippen LogP contribution is -2.40. The summed E-state index contributed by atoms with van der Waals surface area (Å²) in [5.74, 6) is 0.665. The molecule has 4 nitrogen and oxygen atoms in total. The molecule has 2 unspecified atom stereocenters. The van der Waals surface area contributed by atoms with Crippen LogP contribution in [0, 0.1) is 17.8 Å². The van der Waals surface area contributed by atoms with E-state index in [0.29, 0.717) is 18.2 Å². The predicted octanol–water partition coefficient (Wildman–Crippen LogP) is 0.581.